The number of hydrogen-bond acceptors (Lipinski definition) is 5. The van der Waals surface area contributed by atoms with Crippen molar-refractivity contribution in [1.82, 2.24) is 25.2 Å². The summed E-state index contributed by atoms with van der Waals surface area (Å²) in [6.07, 6.45) is 2.60. The van der Waals surface area contributed by atoms with Gasteiger partial charge in [-0.2, -0.15) is 0 Å². The smallest absolute Gasteiger partial charge is 0.410 e. The third-order valence-corrected chi connectivity index (χ3v) is 6.13. The molecule has 0 aliphatic heterocycles. The molecular weight excluding hydrogens is 466 g/mol. The molecule has 4 aromatic rings. The molecule has 0 aliphatic rings. The Bertz CT molecular complexity index is 1450. The first-order valence-electron chi connectivity index (χ1n) is 12.2. The molecule has 4 rings (SSSR count). The quantitative estimate of drug-likeness (QED) is 0.363. The zero-order valence-corrected chi connectivity index (χ0v) is 22.2. The van der Waals surface area contributed by atoms with Crippen molar-refractivity contribution >= 4 is 22.9 Å². The van der Waals surface area contributed by atoms with Gasteiger partial charge in [0.25, 0.3) is 5.91 Å². The van der Waals surface area contributed by atoms with Gasteiger partial charge in [-0.15, -0.1) is 0 Å². The lowest BCUT2D eigenvalue weighted by atomic mass is 10.0. The molecule has 37 heavy (non-hydrogen) atoms. The predicted molar refractivity (Wildman–Crippen MR) is 144 cm³/mol. The van der Waals surface area contributed by atoms with Crippen molar-refractivity contribution in [1.29, 1.82) is 0 Å². The van der Waals surface area contributed by atoms with Crippen molar-refractivity contribution in [3.05, 3.63) is 82.9 Å². The highest BCUT2D eigenvalue weighted by molar-refractivity contribution is 5.95. The molecule has 0 saturated carbocycles. The molecule has 0 bridgehead atoms. The van der Waals surface area contributed by atoms with E-state index in [2.05, 4.69) is 39.3 Å². The predicted octanol–water partition coefficient (Wildman–Crippen LogP) is 5.54. The Kier molecular flexibility index (Phi) is 7.29. The van der Waals surface area contributed by atoms with Gasteiger partial charge in [0, 0.05) is 48.5 Å². The van der Waals surface area contributed by atoms with Crippen molar-refractivity contribution < 1.29 is 14.3 Å². The summed E-state index contributed by atoms with van der Waals surface area (Å²) in [4.78, 5) is 38.3. The molecule has 0 fully saturated rings. The van der Waals surface area contributed by atoms with Gasteiger partial charge in [0.1, 0.15) is 11.9 Å². The molecule has 0 radical (unpaired) electrons. The van der Waals surface area contributed by atoms with Gasteiger partial charge >= 0.3 is 6.09 Å². The maximum absolute atomic E-state index is 12.6. The molecule has 8 nitrogen and oxygen atoms in total. The highest BCUT2D eigenvalue weighted by Gasteiger charge is 2.21. The minimum absolute atomic E-state index is 0.201. The van der Waals surface area contributed by atoms with Gasteiger partial charge in [0.15, 0.2) is 0 Å². The summed E-state index contributed by atoms with van der Waals surface area (Å²) < 4.78 is 5.52. The van der Waals surface area contributed by atoms with Crippen molar-refractivity contribution in [3.8, 4) is 11.3 Å². The first-order valence-corrected chi connectivity index (χ1v) is 12.2. The summed E-state index contributed by atoms with van der Waals surface area (Å²) >= 11 is 0. The highest BCUT2D eigenvalue weighted by atomic mass is 16.6. The summed E-state index contributed by atoms with van der Waals surface area (Å²) in [7, 11) is 1.74. The first kappa shape index (κ1) is 25.9. The van der Waals surface area contributed by atoms with E-state index in [4.69, 9.17) is 4.74 Å². The van der Waals surface area contributed by atoms with Crippen LogP contribution in [-0.4, -0.2) is 44.5 Å². The SMILES string of the molecule is Cc1ncncc1C(=O)NCc1ccc2[nH]c(-c3ccccc3CN(C)C(=O)OC(C)(C)C)c(C)c2c1. The molecule has 2 N–H and O–H groups in total. The summed E-state index contributed by atoms with van der Waals surface area (Å²) in [6.45, 7) is 10.2. The Labute approximate surface area is 217 Å². The number of amides is 2. The van der Waals surface area contributed by atoms with Gasteiger partial charge in [-0.05, 0) is 63.4 Å². The molecule has 2 amide bonds. The van der Waals surface area contributed by atoms with Crippen LogP contribution in [0.4, 0.5) is 4.79 Å². The fourth-order valence-electron chi connectivity index (χ4n) is 4.21. The van der Waals surface area contributed by atoms with Crippen LogP contribution in [0.3, 0.4) is 0 Å². The zero-order chi connectivity index (χ0) is 26.7. The summed E-state index contributed by atoms with van der Waals surface area (Å²) in [5.74, 6) is -0.201. The zero-order valence-electron chi connectivity index (χ0n) is 22.2. The molecule has 192 valence electrons. The number of nitrogens with one attached hydrogen (secondary N) is 2. The van der Waals surface area contributed by atoms with Crippen molar-refractivity contribution in [2.45, 2.75) is 53.3 Å². The second-order valence-electron chi connectivity index (χ2n) is 10.2. The molecule has 2 aromatic carbocycles. The maximum atomic E-state index is 12.6. The van der Waals surface area contributed by atoms with Crippen LogP contribution < -0.4 is 5.32 Å². The van der Waals surface area contributed by atoms with E-state index in [-0.39, 0.29) is 12.0 Å². The third kappa shape index (κ3) is 5.97. The van der Waals surface area contributed by atoms with Crippen LogP contribution in [-0.2, 0) is 17.8 Å². The van der Waals surface area contributed by atoms with E-state index in [1.54, 1.807) is 18.9 Å². The lowest BCUT2D eigenvalue weighted by molar-refractivity contribution is 0.0285. The Morgan fingerprint density at radius 1 is 1.11 bits per heavy atom. The minimum atomic E-state index is -0.552. The van der Waals surface area contributed by atoms with Crippen molar-refractivity contribution in [2.24, 2.45) is 0 Å². The molecule has 0 saturated heterocycles. The summed E-state index contributed by atoms with van der Waals surface area (Å²) in [5.41, 5.74) is 6.70. The van der Waals surface area contributed by atoms with E-state index >= 15 is 0 Å². The van der Waals surface area contributed by atoms with Crippen LogP contribution >= 0.6 is 0 Å². The fourth-order valence-corrected chi connectivity index (χ4v) is 4.21. The summed E-state index contributed by atoms with van der Waals surface area (Å²) in [6, 6.07) is 14.2. The number of hydrogen-bond donors (Lipinski definition) is 2. The molecule has 2 aromatic heterocycles. The standard InChI is InChI=1S/C29H33N5O3/c1-18-23-13-20(14-31-27(35)24-15-30-17-32-19(24)2)11-12-25(23)33-26(18)22-10-8-7-9-21(22)16-34(6)28(36)37-29(3,4)5/h7-13,15,17,33H,14,16H2,1-6H3,(H,31,35). The minimum Gasteiger partial charge on any atom is -0.444 e. The summed E-state index contributed by atoms with van der Waals surface area (Å²) in [5, 5.41) is 4.04. The number of H-pyrrole nitrogens is 1. The largest absolute Gasteiger partial charge is 0.444 e. The van der Waals surface area contributed by atoms with E-state index in [0.29, 0.717) is 24.3 Å². The van der Waals surface area contributed by atoms with Gasteiger partial charge in [0.05, 0.1) is 11.3 Å². The average molecular weight is 500 g/mol. The monoisotopic (exact) mass is 499 g/mol. The average Bonchev–Trinajstić information content (AvgIpc) is 3.17. The number of carbonyl (C=O) groups is 2. The Hall–Kier alpha value is -4.20. The maximum Gasteiger partial charge on any atom is 0.410 e. The second kappa shape index (κ2) is 10.4. The molecule has 0 unspecified atom stereocenters. The van der Waals surface area contributed by atoms with Crippen LogP contribution in [0, 0.1) is 13.8 Å². The fraction of sp³-hybridized carbons (Fsp3) is 0.310. The number of fused-ring (bicyclic) bond motifs is 1. The molecule has 8 heteroatoms. The van der Waals surface area contributed by atoms with E-state index < -0.39 is 5.60 Å². The topological polar surface area (TPSA) is 100 Å². The number of carbonyl (C=O) groups excluding carboxylic acids is 2. The highest BCUT2D eigenvalue weighted by Crippen LogP contribution is 2.33. The number of ether oxygens (including phenoxy) is 1. The molecule has 0 atom stereocenters. The number of aryl methyl sites for hydroxylation is 2. The van der Waals surface area contributed by atoms with Gasteiger partial charge in [-0.1, -0.05) is 30.3 Å². The molecule has 0 aliphatic carbocycles. The van der Waals surface area contributed by atoms with Crippen LogP contribution in [0.15, 0.2) is 55.0 Å². The van der Waals surface area contributed by atoms with E-state index in [1.807, 2.05) is 51.1 Å². The lowest BCUT2D eigenvalue weighted by Gasteiger charge is -2.25. The van der Waals surface area contributed by atoms with Gasteiger partial charge in [0.2, 0.25) is 0 Å². The number of rotatable bonds is 6. The van der Waals surface area contributed by atoms with Crippen LogP contribution in [0.25, 0.3) is 22.2 Å². The Balaban J connectivity index is 1.56. The van der Waals surface area contributed by atoms with E-state index in [9.17, 15) is 9.59 Å². The number of aromatic amines is 1. The van der Waals surface area contributed by atoms with Crippen molar-refractivity contribution in [2.75, 3.05) is 7.05 Å². The van der Waals surface area contributed by atoms with Gasteiger partial charge < -0.3 is 19.9 Å². The van der Waals surface area contributed by atoms with Gasteiger partial charge in [-0.3, -0.25) is 4.79 Å². The van der Waals surface area contributed by atoms with Crippen molar-refractivity contribution in [3.63, 3.8) is 0 Å². The van der Waals surface area contributed by atoms with E-state index in [0.717, 1.165) is 38.9 Å². The Morgan fingerprint density at radius 2 is 1.86 bits per heavy atom. The molecular formula is C29H33N5O3. The van der Waals surface area contributed by atoms with Crippen LogP contribution in [0.1, 0.15) is 53.5 Å². The molecule has 2 heterocycles. The lowest BCUT2D eigenvalue weighted by Crippen LogP contribution is -2.33. The number of benzene rings is 2. The first-order chi connectivity index (χ1) is 17.5. The number of nitrogens with zero attached hydrogens (tertiary/aromatic N) is 3. The van der Waals surface area contributed by atoms with E-state index in [1.165, 1.54) is 12.5 Å². The normalized spacial score (nSPS) is 11.4. The van der Waals surface area contributed by atoms with Crippen LogP contribution in [0.5, 0.6) is 0 Å². The van der Waals surface area contributed by atoms with Gasteiger partial charge in [-0.25, -0.2) is 14.8 Å². The van der Waals surface area contributed by atoms with Crippen LogP contribution in [0.2, 0.25) is 0 Å². The Morgan fingerprint density at radius 3 is 2.59 bits per heavy atom. The second-order valence-corrected chi connectivity index (χ2v) is 10.2. The third-order valence-electron chi connectivity index (χ3n) is 6.13. The molecule has 0 spiro atoms. The number of aromatic nitrogens is 3.